The first kappa shape index (κ1) is 8.18. The first-order valence-electron chi connectivity index (χ1n) is 4.23. The Balaban J connectivity index is 2.31. The van der Waals surface area contributed by atoms with Gasteiger partial charge in [-0.15, -0.1) is 0 Å². The summed E-state index contributed by atoms with van der Waals surface area (Å²) in [4.78, 5) is 3.93. The van der Waals surface area contributed by atoms with Gasteiger partial charge in [-0.05, 0) is 11.6 Å². The van der Waals surface area contributed by atoms with E-state index in [9.17, 15) is 4.39 Å². The van der Waals surface area contributed by atoms with E-state index in [1.165, 1.54) is 0 Å². The van der Waals surface area contributed by atoms with Crippen molar-refractivity contribution in [3.63, 3.8) is 0 Å². The summed E-state index contributed by atoms with van der Waals surface area (Å²) in [5.41, 5.74) is 0.236. The van der Waals surface area contributed by atoms with Crippen molar-refractivity contribution in [2.24, 2.45) is 0 Å². The molecule has 0 N–H and O–H groups in total. The third kappa shape index (κ3) is 1.19. The number of pyridine rings is 1. The molecule has 0 aliphatic heterocycles. The molecule has 13 heavy (non-hydrogen) atoms. The van der Waals surface area contributed by atoms with Gasteiger partial charge in [0.1, 0.15) is 6.17 Å². The smallest absolute Gasteiger partial charge is 0.104 e. The third-order valence-corrected chi connectivity index (χ3v) is 2.57. The van der Waals surface area contributed by atoms with Crippen LogP contribution in [0.2, 0.25) is 0 Å². The van der Waals surface area contributed by atoms with Crippen LogP contribution in [0.25, 0.3) is 0 Å². The highest BCUT2D eigenvalue weighted by molar-refractivity contribution is 5.34. The van der Waals surface area contributed by atoms with Crippen molar-refractivity contribution in [2.45, 2.75) is 24.4 Å². The van der Waals surface area contributed by atoms with Crippen molar-refractivity contribution in [1.82, 2.24) is 4.98 Å². The van der Waals surface area contributed by atoms with E-state index < -0.39 is 11.6 Å². The Bertz CT molecular complexity index is 336. The molecule has 0 atom stereocenters. The third-order valence-electron chi connectivity index (χ3n) is 2.57. The van der Waals surface area contributed by atoms with E-state index >= 15 is 0 Å². The SMILES string of the molecule is N#CC1(c2cccnc2)CC(F)C1. The van der Waals surface area contributed by atoms with Gasteiger partial charge in [0.25, 0.3) is 0 Å². The van der Waals surface area contributed by atoms with E-state index in [2.05, 4.69) is 11.1 Å². The number of nitriles is 1. The fourth-order valence-electron chi connectivity index (χ4n) is 1.73. The summed E-state index contributed by atoms with van der Waals surface area (Å²) in [6.45, 7) is 0. The van der Waals surface area contributed by atoms with Gasteiger partial charge in [0.05, 0.1) is 11.5 Å². The van der Waals surface area contributed by atoms with Gasteiger partial charge in [0.15, 0.2) is 0 Å². The van der Waals surface area contributed by atoms with Gasteiger partial charge in [-0.3, -0.25) is 4.98 Å². The summed E-state index contributed by atoms with van der Waals surface area (Å²) in [5, 5.41) is 8.96. The predicted octanol–water partition coefficient (Wildman–Crippen LogP) is 1.97. The zero-order chi connectivity index (χ0) is 9.31. The molecular formula is C10H9FN2. The van der Waals surface area contributed by atoms with E-state index in [1.54, 1.807) is 18.5 Å². The first-order valence-corrected chi connectivity index (χ1v) is 4.23. The molecule has 0 spiro atoms. The summed E-state index contributed by atoms with van der Waals surface area (Å²) in [6.07, 6.45) is 3.11. The van der Waals surface area contributed by atoms with Crippen LogP contribution >= 0.6 is 0 Å². The normalized spacial score (nSPS) is 31.8. The van der Waals surface area contributed by atoms with Gasteiger partial charge >= 0.3 is 0 Å². The largest absolute Gasteiger partial charge is 0.264 e. The molecule has 0 aromatic carbocycles. The zero-order valence-corrected chi connectivity index (χ0v) is 7.07. The Kier molecular flexibility index (Phi) is 1.77. The van der Waals surface area contributed by atoms with Crippen molar-refractivity contribution in [2.75, 3.05) is 0 Å². The molecule has 3 heteroatoms. The van der Waals surface area contributed by atoms with Crippen LogP contribution in [0.4, 0.5) is 4.39 Å². The second kappa shape index (κ2) is 2.81. The Morgan fingerprint density at radius 3 is 2.85 bits per heavy atom. The average Bonchev–Trinajstić information content (AvgIpc) is 2.14. The van der Waals surface area contributed by atoms with E-state index in [0.717, 1.165) is 5.56 Å². The molecule has 0 amide bonds. The van der Waals surface area contributed by atoms with Gasteiger partial charge in [0, 0.05) is 25.2 Å². The standard InChI is InChI=1S/C10H9FN2/c11-9-4-10(5-9,7-12)8-2-1-3-13-6-8/h1-3,6,9H,4-5H2. The Hall–Kier alpha value is -1.43. The molecule has 1 saturated carbocycles. The Morgan fingerprint density at radius 1 is 1.62 bits per heavy atom. The highest BCUT2D eigenvalue weighted by Crippen LogP contribution is 2.44. The molecule has 2 nitrogen and oxygen atoms in total. The van der Waals surface area contributed by atoms with E-state index in [4.69, 9.17) is 5.26 Å². The molecule has 2 rings (SSSR count). The highest BCUT2D eigenvalue weighted by atomic mass is 19.1. The molecule has 0 radical (unpaired) electrons. The highest BCUT2D eigenvalue weighted by Gasteiger charge is 2.46. The number of halogens is 1. The minimum atomic E-state index is -0.820. The molecule has 1 heterocycles. The number of rotatable bonds is 1. The Morgan fingerprint density at radius 2 is 2.38 bits per heavy atom. The van der Waals surface area contributed by atoms with Gasteiger partial charge in [-0.1, -0.05) is 6.07 Å². The van der Waals surface area contributed by atoms with Crippen LogP contribution in [0.15, 0.2) is 24.5 Å². The quantitative estimate of drug-likeness (QED) is 0.656. The molecule has 0 saturated heterocycles. The number of nitrogens with zero attached hydrogens (tertiary/aromatic N) is 2. The molecule has 1 aliphatic carbocycles. The van der Waals surface area contributed by atoms with Crippen LogP contribution in [-0.4, -0.2) is 11.2 Å². The van der Waals surface area contributed by atoms with E-state index in [0.29, 0.717) is 12.8 Å². The van der Waals surface area contributed by atoms with Gasteiger partial charge in [0.2, 0.25) is 0 Å². The van der Waals surface area contributed by atoms with Crippen LogP contribution in [0, 0.1) is 11.3 Å². The Labute approximate surface area is 76.0 Å². The fourth-order valence-corrected chi connectivity index (χ4v) is 1.73. The monoisotopic (exact) mass is 176 g/mol. The van der Waals surface area contributed by atoms with Crippen molar-refractivity contribution in [3.05, 3.63) is 30.1 Å². The molecule has 66 valence electrons. The van der Waals surface area contributed by atoms with Crippen LogP contribution in [0.3, 0.4) is 0 Å². The number of hydrogen-bond acceptors (Lipinski definition) is 2. The molecule has 0 bridgehead atoms. The van der Waals surface area contributed by atoms with Crippen LogP contribution in [0.5, 0.6) is 0 Å². The minimum Gasteiger partial charge on any atom is -0.264 e. The number of alkyl halides is 1. The number of hydrogen-bond donors (Lipinski definition) is 0. The first-order chi connectivity index (χ1) is 6.27. The van der Waals surface area contributed by atoms with Crippen molar-refractivity contribution in [1.29, 1.82) is 5.26 Å². The fraction of sp³-hybridized carbons (Fsp3) is 0.400. The second-order valence-corrected chi connectivity index (χ2v) is 3.44. The molecule has 1 aromatic rings. The minimum absolute atomic E-state index is 0.315. The lowest BCUT2D eigenvalue weighted by Crippen LogP contribution is -2.41. The lowest BCUT2D eigenvalue weighted by atomic mass is 9.65. The van der Waals surface area contributed by atoms with E-state index in [-0.39, 0.29) is 0 Å². The number of aromatic nitrogens is 1. The molecule has 0 unspecified atom stereocenters. The predicted molar refractivity (Wildman–Crippen MR) is 45.7 cm³/mol. The van der Waals surface area contributed by atoms with Gasteiger partial charge in [-0.2, -0.15) is 5.26 Å². The molecule has 1 fully saturated rings. The van der Waals surface area contributed by atoms with Crippen molar-refractivity contribution in [3.8, 4) is 6.07 Å². The summed E-state index contributed by atoms with van der Waals surface area (Å²) < 4.78 is 12.7. The zero-order valence-electron chi connectivity index (χ0n) is 7.07. The van der Waals surface area contributed by atoms with Crippen molar-refractivity contribution < 1.29 is 4.39 Å². The average molecular weight is 176 g/mol. The van der Waals surface area contributed by atoms with Gasteiger partial charge in [-0.25, -0.2) is 4.39 Å². The summed E-state index contributed by atoms with van der Waals surface area (Å²) in [5.74, 6) is 0. The summed E-state index contributed by atoms with van der Waals surface area (Å²) in [7, 11) is 0. The van der Waals surface area contributed by atoms with Gasteiger partial charge < -0.3 is 0 Å². The summed E-state index contributed by atoms with van der Waals surface area (Å²) >= 11 is 0. The second-order valence-electron chi connectivity index (χ2n) is 3.44. The van der Waals surface area contributed by atoms with E-state index in [1.807, 2.05) is 6.07 Å². The maximum atomic E-state index is 12.7. The maximum Gasteiger partial charge on any atom is 0.104 e. The van der Waals surface area contributed by atoms with Crippen LogP contribution in [-0.2, 0) is 5.41 Å². The van der Waals surface area contributed by atoms with Crippen LogP contribution in [0.1, 0.15) is 18.4 Å². The molecular weight excluding hydrogens is 167 g/mol. The topological polar surface area (TPSA) is 36.7 Å². The van der Waals surface area contributed by atoms with Crippen molar-refractivity contribution >= 4 is 0 Å². The summed E-state index contributed by atoms with van der Waals surface area (Å²) in [6, 6.07) is 5.79. The molecule has 1 aromatic heterocycles. The lowest BCUT2D eigenvalue weighted by molar-refractivity contribution is 0.134. The lowest BCUT2D eigenvalue weighted by Gasteiger charge is -2.38. The van der Waals surface area contributed by atoms with Crippen LogP contribution < -0.4 is 0 Å². The molecule has 1 aliphatic rings. The maximum absolute atomic E-state index is 12.7.